The van der Waals surface area contributed by atoms with E-state index in [0.29, 0.717) is 23.9 Å². The molecule has 0 saturated heterocycles. The van der Waals surface area contributed by atoms with Crippen molar-refractivity contribution in [3.05, 3.63) is 11.4 Å². The Hall–Kier alpha value is -0.920. The van der Waals surface area contributed by atoms with Gasteiger partial charge >= 0.3 is 0 Å². The van der Waals surface area contributed by atoms with Crippen LogP contribution < -0.4 is 10.0 Å². The van der Waals surface area contributed by atoms with Gasteiger partial charge in [-0.3, -0.25) is 5.10 Å². The van der Waals surface area contributed by atoms with E-state index in [9.17, 15) is 8.42 Å². The van der Waals surface area contributed by atoms with Crippen LogP contribution in [0.25, 0.3) is 0 Å². The van der Waals surface area contributed by atoms with E-state index in [0.717, 1.165) is 19.4 Å². The Morgan fingerprint density at radius 3 is 2.60 bits per heavy atom. The molecule has 0 unspecified atom stereocenters. The Morgan fingerprint density at radius 1 is 1.40 bits per heavy atom. The maximum Gasteiger partial charge on any atom is 0.244 e. The van der Waals surface area contributed by atoms with Gasteiger partial charge in [-0.15, -0.1) is 0 Å². The van der Waals surface area contributed by atoms with Crippen LogP contribution in [0.1, 0.15) is 45.0 Å². The number of aromatic amines is 1. The quantitative estimate of drug-likeness (QED) is 0.708. The summed E-state index contributed by atoms with van der Waals surface area (Å²) >= 11 is 0. The first-order valence-corrected chi connectivity index (χ1v) is 8.54. The third kappa shape index (κ3) is 3.21. The predicted molar refractivity (Wildman–Crippen MR) is 77.8 cm³/mol. The zero-order chi connectivity index (χ0) is 15.0. The number of aromatic nitrogens is 2. The van der Waals surface area contributed by atoms with Gasteiger partial charge in [-0.2, -0.15) is 5.10 Å². The molecule has 0 spiro atoms. The molecule has 3 N–H and O–H groups in total. The summed E-state index contributed by atoms with van der Waals surface area (Å²) in [5.74, 6) is 0.432. The molecule has 7 heteroatoms. The lowest BCUT2D eigenvalue weighted by atomic mass is 10.0. The molecule has 0 amide bonds. The second kappa shape index (κ2) is 5.46. The number of aryl methyl sites for hydroxylation is 1. The van der Waals surface area contributed by atoms with Gasteiger partial charge < -0.3 is 5.32 Å². The van der Waals surface area contributed by atoms with Crippen LogP contribution >= 0.6 is 0 Å². The summed E-state index contributed by atoms with van der Waals surface area (Å²) in [7, 11) is -3.56. The van der Waals surface area contributed by atoms with E-state index in [2.05, 4.69) is 20.2 Å². The van der Waals surface area contributed by atoms with Crippen molar-refractivity contribution in [1.29, 1.82) is 0 Å². The molecule has 1 heterocycles. The van der Waals surface area contributed by atoms with E-state index >= 15 is 0 Å². The number of nitrogens with zero attached hydrogens (tertiary/aromatic N) is 1. The normalized spacial score (nSPS) is 16.6. The largest absolute Gasteiger partial charge is 0.311 e. The fourth-order valence-corrected chi connectivity index (χ4v) is 4.31. The van der Waals surface area contributed by atoms with E-state index < -0.39 is 15.6 Å². The van der Waals surface area contributed by atoms with E-state index in [1.807, 2.05) is 20.8 Å². The average molecular weight is 300 g/mol. The molecule has 1 fully saturated rings. The van der Waals surface area contributed by atoms with E-state index in [1.54, 1.807) is 6.92 Å². The Kier molecular flexibility index (Phi) is 4.22. The van der Waals surface area contributed by atoms with Crippen LogP contribution in [0, 0.1) is 12.8 Å². The molecule has 1 aromatic rings. The molecule has 20 heavy (non-hydrogen) atoms. The molecule has 114 valence electrons. The number of rotatable bonds is 7. The van der Waals surface area contributed by atoms with Crippen molar-refractivity contribution in [2.45, 2.75) is 57.5 Å². The molecule has 1 aliphatic carbocycles. The van der Waals surface area contributed by atoms with Crippen molar-refractivity contribution >= 4 is 10.0 Å². The van der Waals surface area contributed by atoms with E-state index in [1.165, 1.54) is 0 Å². The van der Waals surface area contributed by atoms with Gasteiger partial charge in [-0.05, 0) is 46.1 Å². The number of hydrogen-bond donors (Lipinski definition) is 3. The van der Waals surface area contributed by atoms with E-state index in [4.69, 9.17) is 0 Å². The third-order valence-electron chi connectivity index (χ3n) is 3.77. The highest BCUT2D eigenvalue weighted by atomic mass is 32.2. The number of sulfonamides is 1. The highest BCUT2D eigenvalue weighted by Crippen LogP contribution is 2.40. The summed E-state index contributed by atoms with van der Waals surface area (Å²) in [5.41, 5.74) is 0.721. The minimum Gasteiger partial charge on any atom is -0.311 e. The topological polar surface area (TPSA) is 86.9 Å². The smallest absolute Gasteiger partial charge is 0.244 e. The Morgan fingerprint density at radius 2 is 2.05 bits per heavy atom. The lowest BCUT2D eigenvalue weighted by Gasteiger charge is -2.25. The summed E-state index contributed by atoms with van der Waals surface area (Å²) < 4.78 is 28.1. The first kappa shape index (κ1) is 15.5. The molecule has 1 aliphatic rings. The van der Waals surface area contributed by atoms with Crippen LogP contribution in [-0.4, -0.2) is 30.7 Å². The van der Waals surface area contributed by atoms with Crippen LogP contribution in [0.2, 0.25) is 0 Å². The highest BCUT2D eigenvalue weighted by molar-refractivity contribution is 7.89. The van der Waals surface area contributed by atoms with Gasteiger partial charge in [0.2, 0.25) is 10.0 Å². The number of nitrogens with one attached hydrogen (secondary N) is 3. The van der Waals surface area contributed by atoms with Crippen LogP contribution in [0.4, 0.5) is 0 Å². The van der Waals surface area contributed by atoms with Crippen LogP contribution in [-0.2, 0) is 16.6 Å². The van der Waals surface area contributed by atoms with Crippen molar-refractivity contribution in [3.63, 3.8) is 0 Å². The second-order valence-electron chi connectivity index (χ2n) is 6.01. The predicted octanol–water partition coefficient (Wildman–Crippen LogP) is 1.29. The first-order chi connectivity index (χ1) is 9.28. The minimum atomic E-state index is -3.56. The Labute approximate surface area is 120 Å². The van der Waals surface area contributed by atoms with Crippen LogP contribution in [0.5, 0.6) is 0 Å². The van der Waals surface area contributed by atoms with Gasteiger partial charge in [0.15, 0.2) is 0 Å². The van der Waals surface area contributed by atoms with Crippen molar-refractivity contribution < 1.29 is 8.42 Å². The molecule has 6 nitrogen and oxygen atoms in total. The molecule has 2 rings (SSSR count). The fraction of sp³-hybridized carbons (Fsp3) is 0.769. The second-order valence-corrected chi connectivity index (χ2v) is 7.63. The van der Waals surface area contributed by atoms with Crippen LogP contribution in [0.15, 0.2) is 4.90 Å². The molecule has 1 saturated carbocycles. The average Bonchev–Trinajstić information content (AvgIpc) is 3.10. The standard InChI is InChI=1S/C13H24N4O2S/c1-5-14-8-11-12(9(2)15-16-11)20(18,19)17-13(3,4)10-6-7-10/h10,14,17H,5-8H2,1-4H3,(H,15,16). The lowest BCUT2D eigenvalue weighted by molar-refractivity contribution is 0.400. The summed E-state index contributed by atoms with van der Waals surface area (Å²) in [5, 5.41) is 9.99. The van der Waals surface area contributed by atoms with Crippen molar-refractivity contribution in [1.82, 2.24) is 20.2 Å². The minimum absolute atomic E-state index is 0.284. The SMILES string of the molecule is CCNCc1n[nH]c(C)c1S(=O)(=O)NC(C)(C)C1CC1. The summed E-state index contributed by atoms with van der Waals surface area (Å²) in [4.78, 5) is 0.284. The number of hydrogen-bond acceptors (Lipinski definition) is 4. The van der Waals surface area contributed by atoms with E-state index in [-0.39, 0.29) is 4.90 Å². The van der Waals surface area contributed by atoms with Crippen molar-refractivity contribution in [2.24, 2.45) is 5.92 Å². The molecule has 0 radical (unpaired) electrons. The maximum atomic E-state index is 12.6. The maximum absolute atomic E-state index is 12.6. The zero-order valence-electron chi connectivity index (χ0n) is 12.6. The highest BCUT2D eigenvalue weighted by Gasteiger charge is 2.41. The third-order valence-corrected chi connectivity index (χ3v) is 5.64. The van der Waals surface area contributed by atoms with Gasteiger partial charge in [0.05, 0.1) is 11.4 Å². The molecule has 0 atom stereocenters. The summed E-state index contributed by atoms with van der Waals surface area (Å²) in [6.07, 6.45) is 2.17. The van der Waals surface area contributed by atoms with Gasteiger partial charge in [0, 0.05) is 12.1 Å². The molecule has 0 aromatic carbocycles. The lowest BCUT2D eigenvalue weighted by Crippen LogP contribution is -2.45. The summed E-state index contributed by atoms with van der Waals surface area (Å²) in [6, 6.07) is 0. The Balaban J connectivity index is 2.26. The first-order valence-electron chi connectivity index (χ1n) is 7.06. The van der Waals surface area contributed by atoms with Crippen molar-refractivity contribution in [2.75, 3.05) is 6.54 Å². The van der Waals surface area contributed by atoms with Crippen molar-refractivity contribution in [3.8, 4) is 0 Å². The molecule has 0 aliphatic heterocycles. The molecular formula is C13H24N4O2S. The monoisotopic (exact) mass is 300 g/mol. The van der Waals surface area contributed by atoms with Crippen LogP contribution in [0.3, 0.4) is 0 Å². The molecular weight excluding hydrogens is 276 g/mol. The van der Waals surface area contributed by atoms with Gasteiger partial charge in [0.25, 0.3) is 0 Å². The Bertz CT molecular complexity index is 573. The summed E-state index contributed by atoms with van der Waals surface area (Å²) in [6.45, 7) is 8.82. The van der Waals surface area contributed by atoms with Gasteiger partial charge in [0.1, 0.15) is 4.90 Å². The molecule has 0 bridgehead atoms. The van der Waals surface area contributed by atoms with Gasteiger partial charge in [-0.1, -0.05) is 6.92 Å². The fourth-order valence-electron chi connectivity index (χ4n) is 2.47. The van der Waals surface area contributed by atoms with Gasteiger partial charge in [-0.25, -0.2) is 13.1 Å². The molecule has 1 aromatic heterocycles. The number of H-pyrrole nitrogens is 1. The zero-order valence-corrected chi connectivity index (χ0v) is 13.4.